The lowest BCUT2D eigenvalue weighted by Crippen LogP contribution is -2.29. The number of aryl methyl sites for hydroxylation is 1. The maximum absolute atomic E-state index is 13.2. The molecule has 0 fully saturated rings. The summed E-state index contributed by atoms with van der Waals surface area (Å²) in [5, 5.41) is 5.95. The van der Waals surface area contributed by atoms with Gasteiger partial charge in [0.1, 0.15) is 5.75 Å². The number of ether oxygens (including phenoxy) is 1. The summed E-state index contributed by atoms with van der Waals surface area (Å²) in [4.78, 5) is 12.8. The molecule has 0 aliphatic rings. The van der Waals surface area contributed by atoms with Crippen molar-refractivity contribution in [2.24, 2.45) is 0 Å². The highest BCUT2D eigenvalue weighted by molar-refractivity contribution is 7.91. The number of hydrogen-bond donors (Lipinski definition) is 2. The van der Waals surface area contributed by atoms with Gasteiger partial charge in [-0.3, -0.25) is 4.79 Å². The first kappa shape index (κ1) is 23.3. The summed E-state index contributed by atoms with van der Waals surface area (Å²) in [5.41, 5.74) is 3.26. The second-order valence-electron chi connectivity index (χ2n) is 7.43. The summed E-state index contributed by atoms with van der Waals surface area (Å²) < 4.78 is 31.5. The fraction of sp³-hybridized carbons (Fsp3) is 0.240. The number of sulfone groups is 1. The molecule has 7 heteroatoms. The van der Waals surface area contributed by atoms with Crippen LogP contribution in [0, 0.1) is 6.92 Å². The van der Waals surface area contributed by atoms with Crippen molar-refractivity contribution in [2.75, 3.05) is 19.0 Å². The lowest BCUT2D eigenvalue weighted by molar-refractivity contribution is -0.119. The minimum atomic E-state index is -3.66. The number of nitrogens with one attached hydrogen (secondary N) is 2. The second-order valence-corrected chi connectivity index (χ2v) is 9.35. The maximum Gasteiger partial charge on any atom is 0.239 e. The molecule has 0 unspecified atom stereocenters. The van der Waals surface area contributed by atoms with Gasteiger partial charge in [0.25, 0.3) is 0 Å². The van der Waals surface area contributed by atoms with E-state index >= 15 is 0 Å². The molecule has 168 valence electrons. The Hall–Kier alpha value is -3.32. The molecule has 0 radical (unpaired) electrons. The van der Waals surface area contributed by atoms with Crippen LogP contribution in [0.1, 0.15) is 23.6 Å². The molecule has 0 aliphatic carbocycles. The first-order valence-corrected chi connectivity index (χ1v) is 11.9. The van der Waals surface area contributed by atoms with E-state index in [1.807, 2.05) is 38.1 Å². The van der Waals surface area contributed by atoms with Gasteiger partial charge < -0.3 is 15.4 Å². The number of rotatable bonds is 9. The van der Waals surface area contributed by atoms with Crippen molar-refractivity contribution in [2.45, 2.75) is 36.6 Å². The zero-order chi connectivity index (χ0) is 23.1. The van der Waals surface area contributed by atoms with Crippen LogP contribution in [0.3, 0.4) is 0 Å². The number of carbonyl (C=O) groups is 1. The molecule has 0 aromatic heterocycles. The molecule has 6 nitrogen and oxygen atoms in total. The van der Waals surface area contributed by atoms with Crippen LogP contribution < -0.4 is 15.4 Å². The van der Waals surface area contributed by atoms with Gasteiger partial charge in [0, 0.05) is 12.2 Å². The fourth-order valence-electron chi connectivity index (χ4n) is 3.37. The predicted molar refractivity (Wildman–Crippen MR) is 126 cm³/mol. The molecule has 0 bridgehead atoms. The van der Waals surface area contributed by atoms with E-state index in [0.717, 1.165) is 16.9 Å². The van der Waals surface area contributed by atoms with Crippen molar-refractivity contribution in [3.05, 3.63) is 83.4 Å². The number of carbonyl (C=O) groups excluding carboxylic acids is 1. The van der Waals surface area contributed by atoms with Crippen molar-refractivity contribution < 1.29 is 17.9 Å². The molecule has 2 N–H and O–H groups in total. The van der Waals surface area contributed by atoms with Crippen LogP contribution in [0.4, 0.5) is 5.69 Å². The summed E-state index contributed by atoms with van der Waals surface area (Å²) in [6, 6.07) is 19.4. The average molecular weight is 453 g/mol. The van der Waals surface area contributed by atoms with Gasteiger partial charge in [-0.1, -0.05) is 42.8 Å². The van der Waals surface area contributed by atoms with Gasteiger partial charge in [-0.2, -0.15) is 0 Å². The molecule has 0 atom stereocenters. The number of anilines is 1. The Morgan fingerprint density at radius 3 is 2.28 bits per heavy atom. The summed E-state index contributed by atoms with van der Waals surface area (Å²) in [6.07, 6.45) is 0.511. The maximum atomic E-state index is 13.2. The fourth-order valence-corrected chi connectivity index (χ4v) is 4.96. The molecule has 0 saturated heterocycles. The monoisotopic (exact) mass is 452 g/mol. The second kappa shape index (κ2) is 10.3. The number of methoxy groups -OCH3 is 1. The van der Waals surface area contributed by atoms with E-state index in [0.29, 0.717) is 24.2 Å². The van der Waals surface area contributed by atoms with Crippen molar-refractivity contribution in [3.63, 3.8) is 0 Å². The Morgan fingerprint density at radius 1 is 0.969 bits per heavy atom. The largest absolute Gasteiger partial charge is 0.497 e. The van der Waals surface area contributed by atoms with Crippen LogP contribution in [0.2, 0.25) is 0 Å². The normalized spacial score (nSPS) is 11.1. The van der Waals surface area contributed by atoms with E-state index < -0.39 is 9.84 Å². The molecule has 0 spiro atoms. The zero-order valence-electron chi connectivity index (χ0n) is 18.5. The van der Waals surface area contributed by atoms with Gasteiger partial charge in [0.2, 0.25) is 15.7 Å². The first-order chi connectivity index (χ1) is 15.3. The van der Waals surface area contributed by atoms with Crippen LogP contribution in [-0.4, -0.2) is 28.0 Å². The van der Waals surface area contributed by atoms with Gasteiger partial charge in [-0.25, -0.2) is 8.42 Å². The Morgan fingerprint density at radius 2 is 1.66 bits per heavy atom. The summed E-state index contributed by atoms with van der Waals surface area (Å²) in [6.45, 7) is 4.25. The third-order valence-electron chi connectivity index (χ3n) is 5.20. The quantitative estimate of drug-likeness (QED) is 0.510. The molecular weight excluding hydrogens is 424 g/mol. The average Bonchev–Trinajstić information content (AvgIpc) is 2.81. The van der Waals surface area contributed by atoms with Gasteiger partial charge in [-0.05, 0) is 60.9 Å². The number of hydrogen-bond acceptors (Lipinski definition) is 5. The van der Waals surface area contributed by atoms with Gasteiger partial charge in [0.05, 0.1) is 23.4 Å². The third-order valence-corrected chi connectivity index (χ3v) is 7.05. The summed E-state index contributed by atoms with van der Waals surface area (Å²) in [5.74, 6) is 0.573. The highest BCUT2D eigenvalue weighted by Crippen LogP contribution is 2.29. The molecule has 0 saturated carbocycles. The number of benzene rings is 3. The summed E-state index contributed by atoms with van der Waals surface area (Å²) >= 11 is 0. The first-order valence-electron chi connectivity index (χ1n) is 10.4. The minimum absolute atomic E-state index is 0.0389. The van der Waals surface area contributed by atoms with E-state index in [2.05, 4.69) is 10.6 Å². The molecule has 0 heterocycles. The van der Waals surface area contributed by atoms with Crippen molar-refractivity contribution in [1.82, 2.24) is 5.32 Å². The Bertz CT molecular complexity index is 1170. The zero-order valence-corrected chi connectivity index (χ0v) is 19.3. The predicted octanol–water partition coefficient (Wildman–Crippen LogP) is 4.13. The lowest BCUT2D eigenvalue weighted by Gasteiger charge is -2.16. The molecule has 32 heavy (non-hydrogen) atoms. The standard InChI is InChI=1S/C25H28N2O4S/c1-4-22-23(26-17-25(28)27-16-19-10-12-20(31-3)13-11-19)6-5-7-24(22)32(29,30)21-14-8-18(2)9-15-21/h5-15,26H,4,16-17H2,1-3H3,(H,27,28). The Balaban J connectivity index is 1.70. The third kappa shape index (κ3) is 5.48. The van der Waals surface area contributed by atoms with Crippen molar-refractivity contribution >= 4 is 21.4 Å². The molecule has 3 aromatic rings. The van der Waals surface area contributed by atoms with Crippen LogP contribution in [0.5, 0.6) is 5.75 Å². The van der Waals surface area contributed by atoms with Crippen LogP contribution in [-0.2, 0) is 27.6 Å². The van der Waals surface area contributed by atoms with E-state index in [1.165, 1.54) is 0 Å². The smallest absolute Gasteiger partial charge is 0.239 e. The Labute approximate surface area is 189 Å². The molecular formula is C25H28N2O4S. The molecule has 0 aliphatic heterocycles. The highest BCUT2D eigenvalue weighted by atomic mass is 32.2. The lowest BCUT2D eigenvalue weighted by atomic mass is 10.1. The minimum Gasteiger partial charge on any atom is -0.497 e. The molecule has 3 aromatic carbocycles. The van der Waals surface area contributed by atoms with Gasteiger partial charge in [-0.15, -0.1) is 0 Å². The Kier molecular flexibility index (Phi) is 7.53. The van der Waals surface area contributed by atoms with E-state index in [4.69, 9.17) is 4.74 Å². The van der Waals surface area contributed by atoms with E-state index in [-0.39, 0.29) is 22.2 Å². The van der Waals surface area contributed by atoms with Crippen molar-refractivity contribution in [1.29, 1.82) is 0 Å². The SMILES string of the molecule is CCc1c(NCC(=O)NCc2ccc(OC)cc2)cccc1S(=O)(=O)c1ccc(C)cc1. The molecule has 1 amide bonds. The molecule has 3 rings (SSSR count). The van der Waals surface area contributed by atoms with Crippen LogP contribution in [0.15, 0.2) is 76.5 Å². The van der Waals surface area contributed by atoms with Crippen molar-refractivity contribution in [3.8, 4) is 5.75 Å². The number of amides is 1. The topological polar surface area (TPSA) is 84.5 Å². The van der Waals surface area contributed by atoms with E-state index in [9.17, 15) is 13.2 Å². The van der Waals surface area contributed by atoms with Crippen LogP contribution in [0.25, 0.3) is 0 Å². The van der Waals surface area contributed by atoms with Gasteiger partial charge >= 0.3 is 0 Å². The highest BCUT2D eigenvalue weighted by Gasteiger charge is 2.22. The van der Waals surface area contributed by atoms with Gasteiger partial charge in [0.15, 0.2) is 0 Å². The van der Waals surface area contributed by atoms with Crippen LogP contribution >= 0.6 is 0 Å². The van der Waals surface area contributed by atoms with E-state index in [1.54, 1.807) is 49.6 Å². The summed E-state index contributed by atoms with van der Waals surface area (Å²) in [7, 11) is -2.06.